The van der Waals surface area contributed by atoms with E-state index in [4.69, 9.17) is 11.6 Å². The van der Waals surface area contributed by atoms with Gasteiger partial charge >= 0.3 is 18.2 Å². The number of carboxylic acids is 1. The van der Waals surface area contributed by atoms with Crippen LogP contribution < -0.4 is 5.32 Å². The van der Waals surface area contributed by atoms with Crippen LogP contribution in [-0.2, 0) is 9.59 Å². The van der Waals surface area contributed by atoms with Crippen molar-refractivity contribution in [3.63, 3.8) is 0 Å². The summed E-state index contributed by atoms with van der Waals surface area (Å²) in [5.74, 6) is -4.41. The van der Waals surface area contributed by atoms with Crippen LogP contribution in [0.2, 0.25) is 0 Å². The van der Waals surface area contributed by atoms with Gasteiger partial charge in [0, 0.05) is 11.0 Å². The summed E-state index contributed by atoms with van der Waals surface area (Å²) < 4.78 is 41.1. The number of β-lactam (4-membered cyclic amide) rings is 1. The smallest absolute Gasteiger partial charge is 0.408 e. The van der Waals surface area contributed by atoms with E-state index in [0.29, 0.717) is 42.0 Å². The molecular weight excluding hydrogens is 461 g/mol. The maximum absolute atomic E-state index is 13.7. The van der Waals surface area contributed by atoms with Gasteiger partial charge in [-0.1, -0.05) is 56.9 Å². The van der Waals surface area contributed by atoms with Crippen LogP contribution in [0, 0.1) is 29.6 Å². The highest BCUT2D eigenvalue weighted by Crippen LogP contribution is 2.41. The molecule has 6 atom stereocenters. The fourth-order valence-corrected chi connectivity index (χ4v) is 5.76. The summed E-state index contributed by atoms with van der Waals surface area (Å²) >= 11 is 6.30. The first-order chi connectivity index (χ1) is 15.4. The Morgan fingerprint density at radius 1 is 1.27 bits per heavy atom. The second kappa shape index (κ2) is 10.1. The zero-order chi connectivity index (χ0) is 24.5. The second-order valence-electron chi connectivity index (χ2n) is 9.50. The van der Waals surface area contributed by atoms with Gasteiger partial charge in [0.1, 0.15) is 6.04 Å². The molecule has 1 saturated carbocycles. The molecule has 2 aliphatic carbocycles. The summed E-state index contributed by atoms with van der Waals surface area (Å²) in [6.07, 6.45) is 4.03. The van der Waals surface area contributed by atoms with Crippen LogP contribution in [0.5, 0.6) is 0 Å². The van der Waals surface area contributed by atoms with Crippen LogP contribution in [0.3, 0.4) is 0 Å². The number of nitrogens with one attached hydrogen (secondary N) is 1. The van der Waals surface area contributed by atoms with E-state index in [-0.39, 0.29) is 11.8 Å². The zero-order valence-electron chi connectivity index (χ0n) is 18.6. The fourth-order valence-electron chi connectivity index (χ4n) is 5.40. The highest BCUT2D eigenvalue weighted by Gasteiger charge is 2.58. The van der Waals surface area contributed by atoms with Crippen LogP contribution in [0.25, 0.3) is 0 Å². The van der Waals surface area contributed by atoms with E-state index in [1.807, 2.05) is 24.4 Å². The maximum Gasteiger partial charge on any atom is 0.408 e. The van der Waals surface area contributed by atoms with E-state index >= 15 is 0 Å². The minimum Gasteiger partial charge on any atom is -0.480 e. The Morgan fingerprint density at radius 2 is 1.91 bits per heavy atom. The van der Waals surface area contributed by atoms with Crippen LogP contribution >= 0.6 is 11.6 Å². The lowest BCUT2D eigenvalue weighted by Crippen LogP contribution is -2.71. The summed E-state index contributed by atoms with van der Waals surface area (Å²) in [6.45, 7) is 3.67. The van der Waals surface area contributed by atoms with Crippen molar-refractivity contribution in [3.8, 4) is 0 Å². The Kier molecular flexibility index (Phi) is 7.81. The molecule has 33 heavy (non-hydrogen) atoms. The van der Waals surface area contributed by atoms with Gasteiger partial charge in [-0.15, -0.1) is 0 Å². The molecule has 0 aromatic heterocycles. The van der Waals surface area contributed by atoms with Gasteiger partial charge in [-0.05, 0) is 43.1 Å². The molecule has 0 spiro atoms. The number of amides is 3. The summed E-state index contributed by atoms with van der Waals surface area (Å²) in [5.41, 5.74) is 0. The van der Waals surface area contributed by atoms with E-state index in [1.54, 1.807) is 13.0 Å². The first kappa shape index (κ1) is 25.6. The van der Waals surface area contributed by atoms with Gasteiger partial charge in [0.05, 0.1) is 5.92 Å². The molecule has 0 aromatic rings. The normalized spacial score (nSPS) is 30.3. The van der Waals surface area contributed by atoms with E-state index in [0.717, 1.165) is 6.42 Å². The number of urea groups is 1. The third kappa shape index (κ3) is 5.39. The van der Waals surface area contributed by atoms with Gasteiger partial charge in [-0.2, -0.15) is 13.2 Å². The highest BCUT2D eigenvalue weighted by molar-refractivity contribution is 6.30. The number of rotatable bonds is 6. The number of carbonyl (C=O) groups is 3. The molecule has 3 rings (SSSR count). The van der Waals surface area contributed by atoms with Gasteiger partial charge in [0.15, 0.2) is 6.04 Å². The zero-order valence-corrected chi connectivity index (χ0v) is 19.4. The Hall–Kier alpha value is -2.03. The average molecular weight is 491 g/mol. The van der Waals surface area contributed by atoms with Crippen molar-refractivity contribution in [2.45, 2.75) is 70.6 Å². The Labute approximate surface area is 196 Å². The molecule has 6 unspecified atom stereocenters. The van der Waals surface area contributed by atoms with Crippen LogP contribution in [0.15, 0.2) is 23.3 Å². The van der Waals surface area contributed by atoms with E-state index < -0.39 is 53.9 Å². The lowest BCUT2D eigenvalue weighted by molar-refractivity contribution is -0.174. The largest absolute Gasteiger partial charge is 0.480 e. The summed E-state index contributed by atoms with van der Waals surface area (Å²) in [4.78, 5) is 37.9. The molecule has 0 aromatic carbocycles. The summed E-state index contributed by atoms with van der Waals surface area (Å²) in [6, 6.07) is -4.91. The molecule has 184 valence electrons. The Bertz CT molecular complexity index is 838. The van der Waals surface area contributed by atoms with E-state index in [9.17, 15) is 32.7 Å². The first-order valence-electron chi connectivity index (χ1n) is 11.4. The number of nitrogens with zero attached hydrogens (tertiary/aromatic N) is 1. The minimum absolute atomic E-state index is 0.0887. The predicted octanol–water partition coefficient (Wildman–Crippen LogP) is 5.09. The molecule has 3 aliphatic rings. The topological polar surface area (TPSA) is 86.7 Å². The van der Waals surface area contributed by atoms with E-state index in [1.165, 1.54) is 0 Å². The molecular formula is C23H30ClF3N2O4. The summed E-state index contributed by atoms with van der Waals surface area (Å²) in [5, 5.41) is 12.2. The number of carbonyl (C=O) groups excluding carboxylic acids is 2. The standard InChI is InChI=1S/C23H30ClF3N2O4/c1-12-7-6-10-16(24)15(12)11-13(2)17-18(21(31)32)29(20(17)30)22(33)28-19(23(25,26)27)14-8-4-3-5-9-14/h6-7,10,12-15,17-19H,3-5,8-9,11H2,1-2H3,(H,28,33)(H,31,32). The SMILES string of the molecule is CC1C=CC=C(Cl)C1CC(C)C1C(=O)N(C(=O)NC(C2CCCCC2)C(F)(F)F)C1C(=O)O. The number of allylic oxidation sites excluding steroid dienone is 4. The molecule has 1 heterocycles. The minimum atomic E-state index is -4.69. The molecule has 0 bridgehead atoms. The number of carboxylic acid groups (broad SMARTS) is 1. The molecule has 1 aliphatic heterocycles. The first-order valence-corrected chi connectivity index (χ1v) is 11.8. The molecule has 2 N–H and O–H groups in total. The number of imide groups is 1. The van der Waals surface area contributed by atoms with Gasteiger partial charge in [-0.3, -0.25) is 4.79 Å². The molecule has 1 saturated heterocycles. The van der Waals surface area contributed by atoms with Crippen LogP contribution in [-0.4, -0.2) is 46.2 Å². The molecule has 6 nitrogen and oxygen atoms in total. The average Bonchev–Trinajstić information content (AvgIpc) is 2.72. The van der Waals surface area contributed by atoms with Gasteiger partial charge in [0.25, 0.3) is 0 Å². The van der Waals surface area contributed by atoms with Gasteiger partial charge in [0.2, 0.25) is 5.91 Å². The number of hydrogen-bond donors (Lipinski definition) is 2. The number of likely N-dealkylation sites (tertiary alicyclic amines) is 1. The number of alkyl halides is 3. The highest BCUT2D eigenvalue weighted by atomic mass is 35.5. The monoisotopic (exact) mass is 490 g/mol. The number of aliphatic carboxylic acids is 1. The number of hydrogen-bond acceptors (Lipinski definition) is 3. The fraction of sp³-hybridized carbons (Fsp3) is 0.696. The van der Waals surface area contributed by atoms with Crippen molar-refractivity contribution >= 4 is 29.5 Å². The molecule has 3 amide bonds. The Morgan fingerprint density at radius 3 is 2.45 bits per heavy atom. The second-order valence-corrected chi connectivity index (χ2v) is 9.94. The van der Waals surface area contributed by atoms with Crippen molar-refractivity contribution in [1.29, 1.82) is 0 Å². The third-order valence-corrected chi connectivity index (χ3v) is 7.67. The van der Waals surface area contributed by atoms with Crippen molar-refractivity contribution in [2.75, 3.05) is 0 Å². The summed E-state index contributed by atoms with van der Waals surface area (Å²) in [7, 11) is 0. The van der Waals surface area contributed by atoms with Crippen molar-refractivity contribution in [2.24, 2.45) is 29.6 Å². The predicted molar refractivity (Wildman–Crippen MR) is 116 cm³/mol. The van der Waals surface area contributed by atoms with Crippen LogP contribution in [0.4, 0.5) is 18.0 Å². The number of halogens is 4. The molecule has 10 heteroatoms. The van der Waals surface area contributed by atoms with Gasteiger partial charge < -0.3 is 10.4 Å². The lowest BCUT2D eigenvalue weighted by Gasteiger charge is -2.47. The van der Waals surface area contributed by atoms with Gasteiger partial charge in [-0.25, -0.2) is 14.5 Å². The Balaban J connectivity index is 1.72. The van der Waals surface area contributed by atoms with Crippen LogP contribution in [0.1, 0.15) is 52.4 Å². The van der Waals surface area contributed by atoms with Crippen molar-refractivity contribution in [1.82, 2.24) is 10.2 Å². The molecule has 0 radical (unpaired) electrons. The van der Waals surface area contributed by atoms with E-state index in [2.05, 4.69) is 0 Å². The quantitative estimate of drug-likeness (QED) is 0.508. The maximum atomic E-state index is 13.7. The van der Waals surface area contributed by atoms with Crippen molar-refractivity contribution in [3.05, 3.63) is 23.3 Å². The molecule has 2 fully saturated rings. The third-order valence-electron chi connectivity index (χ3n) is 7.26. The van der Waals surface area contributed by atoms with Crippen molar-refractivity contribution < 1.29 is 32.7 Å². The lowest BCUT2D eigenvalue weighted by atomic mass is 9.72.